The lowest BCUT2D eigenvalue weighted by atomic mass is 9.33. The summed E-state index contributed by atoms with van der Waals surface area (Å²) in [4.78, 5) is 12.8. The van der Waals surface area contributed by atoms with E-state index in [1.807, 2.05) is 6.92 Å². The number of fused-ring (bicyclic) bond motifs is 7. The zero-order valence-corrected chi connectivity index (χ0v) is 22.7. The van der Waals surface area contributed by atoms with Crippen molar-refractivity contribution in [1.29, 1.82) is 0 Å². The molecule has 10 atom stereocenters. The van der Waals surface area contributed by atoms with Crippen LogP contribution in [0.2, 0.25) is 0 Å². The molecule has 0 aromatic rings. The van der Waals surface area contributed by atoms with Crippen LogP contribution in [0.25, 0.3) is 0 Å². The monoisotopic (exact) mass is 488 g/mol. The van der Waals surface area contributed by atoms with Crippen molar-refractivity contribution in [2.75, 3.05) is 6.61 Å². The Hall–Kier alpha value is -0.910. The Morgan fingerprint density at radius 1 is 0.971 bits per heavy atom. The third kappa shape index (κ3) is 3.07. The van der Waals surface area contributed by atoms with Gasteiger partial charge in [0.2, 0.25) is 0 Å². The molecule has 5 aliphatic rings. The number of hydrogen-bond donors (Lipinski definition) is 4. The van der Waals surface area contributed by atoms with Crippen molar-refractivity contribution < 1.29 is 25.2 Å². The van der Waals surface area contributed by atoms with Crippen molar-refractivity contribution in [1.82, 2.24) is 0 Å². The SMILES string of the molecule is CC1(C)CC[C@]2(C(=O)O)CC[C@]3(C)C(=CC[C@@H]4[C@@]5(C)CCC(O)[C@@](C)(CO)[C@@H]5C(O)C[C@]43C)[C@@H]2C1. The summed E-state index contributed by atoms with van der Waals surface area (Å²) in [7, 11) is 0. The van der Waals surface area contributed by atoms with Crippen LogP contribution in [0.3, 0.4) is 0 Å². The van der Waals surface area contributed by atoms with Gasteiger partial charge in [0, 0.05) is 11.3 Å². The van der Waals surface area contributed by atoms with Gasteiger partial charge in [-0.1, -0.05) is 53.2 Å². The predicted molar refractivity (Wildman–Crippen MR) is 135 cm³/mol. The molecule has 0 aliphatic heterocycles. The molecule has 0 radical (unpaired) electrons. The summed E-state index contributed by atoms with van der Waals surface area (Å²) in [5.41, 5.74) is -0.397. The van der Waals surface area contributed by atoms with E-state index in [0.717, 1.165) is 38.5 Å². The van der Waals surface area contributed by atoms with Gasteiger partial charge in [-0.25, -0.2) is 0 Å². The van der Waals surface area contributed by atoms with Gasteiger partial charge in [-0.2, -0.15) is 0 Å². The van der Waals surface area contributed by atoms with Crippen LogP contribution in [0.4, 0.5) is 0 Å². The summed E-state index contributed by atoms with van der Waals surface area (Å²) in [6.07, 6.45) is 8.44. The van der Waals surface area contributed by atoms with Gasteiger partial charge in [-0.15, -0.1) is 0 Å². The molecule has 5 heteroatoms. The first-order valence-electron chi connectivity index (χ1n) is 14.0. The Bertz CT molecular complexity index is 941. The van der Waals surface area contributed by atoms with Gasteiger partial charge in [-0.3, -0.25) is 4.79 Å². The Kier molecular flexibility index (Phi) is 5.56. The van der Waals surface area contributed by atoms with E-state index in [-0.39, 0.29) is 40.1 Å². The molecule has 0 spiro atoms. The smallest absolute Gasteiger partial charge is 0.310 e. The van der Waals surface area contributed by atoms with E-state index in [9.17, 15) is 25.2 Å². The maximum absolute atomic E-state index is 12.8. The van der Waals surface area contributed by atoms with Crippen LogP contribution in [-0.2, 0) is 4.79 Å². The molecular weight excluding hydrogens is 440 g/mol. The lowest BCUT2D eigenvalue weighted by Crippen LogP contribution is -2.69. The molecule has 0 aromatic heterocycles. The van der Waals surface area contributed by atoms with Crippen LogP contribution in [0.15, 0.2) is 11.6 Å². The summed E-state index contributed by atoms with van der Waals surface area (Å²) in [5, 5.41) is 43.6. The average molecular weight is 489 g/mol. The number of allylic oxidation sites excluding steroid dienone is 2. The summed E-state index contributed by atoms with van der Waals surface area (Å²) in [6.45, 7) is 13.5. The van der Waals surface area contributed by atoms with Crippen LogP contribution in [0, 0.1) is 50.2 Å². The summed E-state index contributed by atoms with van der Waals surface area (Å²) < 4.78 is 0. The number of hydrogen-bond acceptors (Lipinski definition) is 4. The summed E-state index contributed by atoms with van der Waals surface area (Å²) in [5.74, 6) is -0.400. The molecule has 5 rings (SSSR count). The van der Waals surface area contributed by atoms with Crippen molar-refractivity contribution in [3.8, 4) is 0 Å². The average Bonchev–Trinajstić information content (AvgIpc) is 2.76. The van der Waals surface area contributed by atoms with Crippen LogP contribution < -0.4 is 0 Å². The first kappa shape index (κ1) is 25.7. The lowest BCUT2D eigenvalue weighted by Gasteiger charge is -2.72. The fraction of sp³-hybridized carbons (Fsp3) is 0.900. The van der Waals surface area contributed by atoms with Crippen molar-refractivity contribution in [2.24, 2.45) is 50.2 Å². The molecule has 0 amide bonds. The molecule has 4 N–H and O–H groups in total. The van der Waals surface area contributed by atoms with Gasteiger partial charge in [-0.05, 0) is 91.3 Å². The highest BCUT2D eigenvalue weighted by Gasteiger charge is 2.71. The maximum Gasteiger partial charge on any atom is 0.310 e. The zero-order chi connectivity index (χ0) is 25.8. The van der Waals surface area contributed by atoms with E-state index in [1.165, 1.54) is 5.57 Å². The van der Waals surface area contributed by atoms with Crippen LogP contribution >= 0.6 is 0 Å². The second-order valence-corrected chi connectivity index (χ2v) is 15.1. The minimum atomic E-state index is -0.711. The van der Waals surface area contributed by atoms with Crippen molar-refractivity contribution >= 4 is 5.97 Å². The molecule has 0 aromatic carbocycles. The standard InChI is InChI=1S/C30H48O5/c1-25(2)11-13-30(24(34)35)14-12-28(5)18(19(30)15-25)7-8-21-26(3)10-9-22(33)27(4,17-31)23(26)20(32)16-29(21,28)6/h7,19-23,31-33H,8-17H2,1-6H3,(H,34,35)/t19-,20?,21+,22?,23+,26+,27+,28+,29+,30-/m0/s1. The molecular formula is C30H48O5. The minimum absolute atomic E-state index is 0.0545. The number of carbonyl (C=O) groups is 1. The molecule has 5 nitrogen and oxygen atoms in total. The van der Waals surface area contributed by atoms with E-state index in [1.54, 1.807) is 0 Å². The Balaban J connectivity index is 1.63. The molecule has 198 valence electrons. The van der Waals surface area contributed by atoms with Gasteiger partial charge in [0.05, 0.1) is 24.2 Å². The molecule has 0 saturated heterocycles. The number of aliphatic carboxylic acids is 1. The molecule has 4 fully saturated rings. The fourth-order valence-corrected chi connectivity index (χ4v) is 10.8. The van der Waals surface area contributed by atoms with Crippen molar-refractivity contribution in [2.45, 2.75) is 112 Å². The van der Waals surface area contributed by atoms with Crippen LogP contribution in [-0.4, -0.2) is 45.2 Å². The summed E-state index contributed by atoms with van der Waals surface area (Å²) in [6, 6.07) is 0. The van der Waals surface area contributed by atoms with Crippen molar-refractivity contribution in [3.63, 3.8) is 0 Å². The molecule has 0 bridgehead atoms. The molecule has 35 heavy (non-hydrogen) atoms. The largest absolute Gasteiger partial charge is 0.481 e. The summed E-state index contributed by atoms with van der Waals surface area (Å²) >= 11 is 0. The first-order valence-corrected chi connectivity index (χ1v) is 14.0. The normalized spacial score (nSPS) is 55.0. The van der Waals surface area contributed by atoms with E-state index >= 15 is 0 Å². The second kappa shape index (κ2) is 7.57. The van der Waals surface area contributed by atoms with Gasteiger partial charge in [0.15, 0.2) is 0 Å². The third-order valence-corrected chi connectivity index (χ3v) is 13.1. The fourth-order valence-electron chi connectivity index (χ4n) is 10.8. The number of carboxylic acid groups (broad SMARTS) is 1. The topological polar surface area (TPSA) is 98.0 Å². The maximum atomic E-state index is 12.8. The van der Waals surface area contributed by atoms with Gasteiger partial charge in [0.25, 0.3) is 0 Å². The third-order valence-electron chi connectivity index (χ3n) is 13.1. The lowest BCUT2D eigenvalue weighted by molar-refractivity contribution is -0.252. The highest BCUT2D eigenvalue weighted by Crippen LogP contribution is 2.75. The highest BCUT2D eigenvalue weighted by molar-refractivity contribution is 5.76. The van der Waals surface area contributed by atoms with E-state index in [0.29, 0.717) is 25.2 Å². The van der Waals surface area contributed by atoms with E-state index in [2.05, 4.69) is 40.7 Å². The molecule has 0 heterocycles. The first-order chi connectivity index (χ1) is 16.1. The van der Waals surface area contributed by atoms with Crippen LogP contribution in [0.5, 0.6) is 0 Å². The van der Waals surface area contributed by atoms with Gasteiger partial charge in [0.1, 0.15) is 0 Å². The van der Waals surface area contributed by atoms with Crippen molar-refractivity contribution in [3.05, 3.63) is 11.6 Å². The highest BCUT2D eigenvalue weighted by atomic mass is 16.4. The Morgan fingerprint density at radius 2 is 1.63 bits per heavy atom. The molecule has 4 saturated carbocycles. The van der Waals surface area contributed by atoms with Crippen LogP contribution in [0.1, 0.15) is 99.3 Å². The quantitative estimate of drug-likeness (QED) is 0.402. The Labute approximate surface area is 211 Å². The number of rotatable bonds is 2. The molecule has 5 aliphatic carbocycles. The van der Waals surface area contributed by atoms with E-state index in [4.69, 9.17) is 0 Å². The predicted octanol–water partition coefficient (Wildman–Crippen LogP) is 5.18. The van der Waals surface area contributed by atoms with E-state index < -0.39 is 29.0 Å². The number of aliphatic hydroxyl groups excluding tert-OH is 3. The number of carboxylic acids is 1. The zero-order valence-electron chi connectivity index (χ0n) is 22.7. The second-order valence-electron chi connectivity index (χ2n) is 15.1. The minimum Gasteiger partial charge on any atom is -0.481 e. The van der Waals surface area contributed by atoms with Gasteiger partial charge >= 0.3 is 5.97 Å². The molecule has 2 unspecified atom stereocenters. The van der Waals surface area contributed by atoms with Gasteiger partial charge < -0.3 is 20.4 Å². The Morgan fingerprint density at radius 3 is 2.26 bits per heavy atom. The number of aliphatic hydroxyl groups is 3.